The fourth-order valence-corrected chi connectivity index (χ4v) is 0.588. The first-order valence-electron chi connectivity index (χ1n) is 4.07. The molecule has 0 unspecified atom stereocenters. The molecule has 0 bridgehead atoms. The molecule has 1 N–H and O–H groups in total. The van der Waals surface area contributed by atoms with Gasteiger partial charge in [0.25, 0.3) is 0 Å². The molecule has 76 valence electrons. The van der Waals surface area contributed by atoms with E-state index in [0.29, 0.717) is 0 Å². The minimum Gasteiger partial charge on any atom is -0.398 e. The van der Waals surface area contributed by atoms with Crippen LogP contribution in [0.15, 0.2) is 0 Å². The van der Waals surface area contributed by atoms with Crippen molar-refractivity contribution in [2.75, 3.05) is 0 Å². The van der Waals surface area contributed by atoms with Gasteiger partial charge in [0, 0.05) is 19.8 Å². The van der Waals surface area contributed by atoms with Gasteiger partial charge in [-0.15, -0.1) is 0 Å². The van der Waals surface area contributed by atoms with Crippen molar-refractivity contribution in [1.82, 2.24) is 0 Å². The third-order valence-corrected chi connectivity index (χ3v) is 1.18. The molecule has 0 spiro atoms. The van der Waals surface area contributed by atoms with Crippen LogP contribution in [0.3, 0.4) is 0 Å². The monoisotopic (exact) mass is 190 g/mol. The first-order chi connectivity index (χ1) is 5.91. The van der Waals surface area contributed by atoms with Crippen LogP contribution in [0.1, 0.15) is 33.6 Å². The molecular formula is C8H14O5. The summed E-state index contributed by atoms with van der Waals surface area (Å²) in [6.45, 7) is 4.23. The summed E-state index contributed by atoms with van der Waals surface area (Å²) in [7, 11) is 0. The second kappa shape index (κ2) is 4.81. The molecular weight excluding hydrogens is 176 g/mol. The molecule has 0 aliphatic carbocycles. The zero-order chi connectivity index (χ0) is 10.5. The summed E-state index contributed by atoms with van der Waals surface area (Å²) >= 11 is 0. The minimum absolute atomic E-state index is 0.111. The van der Waals surface area contributed by atoms with Crippen molar-refractivity contribution in [2.45, 2.75) is 39.6 Å². The Morgan fingerprint density at radius 3 is 1.69 bits per heavy atom. The number of carbonyl (C=O) groups excluding carboxylic acids is 2. The molecule has 0 aliphatic rings. The molecule has 0 fully saturated rings. The van der Waals surface area contributed by atoms with Gasteiger partial charge in [0.1, 0.15) is 0 Å². The Bertz CT molecular complexity index is 177. The molecule has 0 aromatic heterocycles. The molecule has 0 saturated heterocycles. The Morgan fingerprint density at radius 1 is 1.15 bits per heavy atom. The van der Waals surface area contributed by atoms with Gasteiger partial charge in [0.2, 0.25) is 0 Å². The van der Waals surface area contributed by atoms with Crippen LogP contribution in [0.4, 0.5) is 0 Å². The van der Waals surface area contributed by atoms with Gasteiger partial charge in [-0.2, -0.15) is 0 Å². The fraction of sp³-hybridized carbons (Fsp3) is 0.750. The first kappa shape index (κ1) is 11.9. The average molecular weight is 190 g/mol. The molecule has 0 radical (unpaired) electrons. The molecule has 0 saturated carbocycles. The van der Waals surface area contributed by atoms with Crippen LogP contribution in [0.2, 0.25) is 0 Å². The average Bonchev–Trinajstić information content (AvgIpc) is 2.02. The minimum atomic E-state index is -2.15. The number of carbonyl (C=O) groups is 2. The lowest BCUT2D eigenvalue weighted by molar-refractivity contribution is -0.314. The SMILES string of the molecule is CCC(=O)OC(C)(O)OC(=O)CC. The second-order valence-electron chi connectivity index (χ2n) is 2.55. The molecule has 0 atom stereocenters. The van der Waals surface area contributed by atoms with E-state index in [0.717, 1.165) is 6.92 Å². The van der Waals surface area contributed by atoms with Gasteiger partial charge in [-0.25, -0.2) is 0 Å². The first-order valence-corrected chi connectivity index (χ1v) is 4.07. The fourth-order valence-electron chi connectivity index (χ4n) is 0.588. The Kier molecular flexibility index (Phi) is 4.40. The van der Waals surface area contributed by atoms with Crippen molar-refractivity contribution < 1.29 is 24.2 Å². The van der Waals surface area contributed by atoms with E-state index in [1.54, 1.807) is 13.8 Å². The largest absolute Gasteiger partial charge is 0.398 e. The van der Waals surface area contributed by atoms with Gasteiger partial charge in [0.15, 0.2) is 0 Å². The van der Waals surface area contributed by atoms with Gasteiger partial charge < -0.3 is 14.6 Å². The van der Waals surface area contributed by atoms with Gasteiger partial charge in [-0.1, -0.05) is 13.8 Å². The van der Waals surface area contributed by atoms with Crippen LogP contribution in [0, 0.1) is 0 Å². The molecule has 5 nitrogen and oxygen atoms in total. The smallest absolute Gasteiger partial charge is 0.370 e. The summed E-state index contributed by atoms with van der Waals surface area (Å²) < 4.78 is 8.87. The van der Waals surface area contributed by atoms with Crippen molar-refractivity contribution >= 4 is 11.9 Å². The molecule has 0 heterocycles. The van der Waals surface area contributed by atoms with E-state index in [9.17, 15) is 14.7 Å². The van der Waals surface area contributed by atoms with Crippen LogP contribution in [0.5, 0.6) is 0 Å². The molecule has 0 rings (SSSR count). The number of esters is 2. The Labute approximate surface area is 76.6 Å². The highest BCUT2D eigenvalue weighted by molar-refractivity contribution is 5.71. The van der Waals surface area contributed by atoms with Crippen LogP contribution in [0.25, 0.3) is 0 Å². The molecule has 5 heteroatoms. The van der Waals surface area contributed by atoms with Crippen molar-refractivity contribution in [3.63, 3.8) is 0 Å². The van der Waals surface area contributed by atoms with Crippen molar-refractivity contribution in [2.24, 2.45) is 0 Å². The zero-order valence-electron chi connectivity index (χ0n) is 7.99. The highest BCUT2D eigenvalue weighted by Gasteiger charge is 2.28. The normalized spacial score (nSPS) is 10.8. The zero-order valence-corrected chi connectivity index (χ0v) is 7.99. The summed E-state index contributed by atoms with van der Waals surface area (Å²) in [4.78, 5) is 21.4. The maximum Gasteiger partial charge on any atom is 0.370 e. The summed E-state index contributed by atoms with van der Waals surface area (Å²) in [5, 5.41) is 9.23. The predicted molar refractivity (Wildman–Crippen MR) is 43.4 cm³/mol. The van der Waals surface area contributed by atoms with Crippen LogP contribution < -0.4 is 0 Å². The third kappa shape index (κ3) is 5.19. The van der Waals surface area contributed by atoms with Crippen LogP contribution >= 0.6 is 0 Å². The number of hydrogen-bond acceptors (Lipinski definition) is 5. The van der Waals surface area contributed by atoms with E-state index in [1.807, 2.05) is 0 Å². The molecule has 13 heavy (non-hydrogen) atoms. The summed E-state index contributed by atoms with van der Waals surface area (Å²) in [6, 6.07) is 0. The quantitative estimate of drug-likeness (QED) is 0.518. The molecule has 0 aliphatic heterocycles. The van der Waals surface area contributed by atoms with Crippen molar-refractivity contribution in [3.8, 4) is 0 Å². The number of rotatable bonds is 4. The topological polar surface area (TPSA) is 72.8 Å². The van der Waals surface area contributed by atoms with Gasteiger partial charge in [-0.3, -0.25) is 9.59 Å². The van der Waals surface area contributed by atoms with Crippen molar-refractivity contribution in [1.29, 1.82) is 0 Å². The second-order valence-corrected chi connectivity index (χ2v) is 2.55. The van der Waals surface area contributed by atoms with E-state index in [4.69, 9.17) is 0 Å². The molecule has 0 aromatic rings. The van der Waals surface area contributed by atoms with Crippen molar-refractivity contribution in [3.05, 3.63) is 0 Å². The number of hydrogen-bond donors (Lipinski definition) is 1. The maximum absolute atomic E-state index is 10.7. The van der Waals surface area contributed by atoms with E-state index in [-0.39, 0.29) is 12.8 Å². The van der Waals surface area contributed by atoms with E-state index in [1.165, 1.54) is 0 Å². The lowest BCUT2D eigenvalue weighted by Crippen LogP contribution is -2.36. The standard InChI is InChI=1S/C8H14O5/c1-4-6(9)12-8(3,11)13-7(10)5-2/h11H,4-5H2,1-3H3. The summed E-state index contributed by atoms with van der Waals surface area (Å²) in [6.07, 6.45) is 0.222. The van der Waals surface area contributed by atoms with Gasteiger partial charge in [0.05, 0.1) is 0 Å². The summed E-state index contributed by atoms with van der Waals surface area (Å²) in [5.41, 5.74) is 0. The Balaban J connectivity index is 4.07. The highest BCUT2D eigenvalue weighted by Crippen LogP contribution is 2.10. The third-order valence-electron chi connectivity index (χ3n) is 1.18. The lowest BCUT2D eigenvalue weighted by atomic mass is 10.5. The molecule has 0 aromatic carbocycles. The Morgan fingerprint density at radius 2 is 1.46 bits per heavy atom. The predicted octanol–water partition coefficient (Wildman–Crippen LogP) is 0.559. The van der Waals surface area contributed by atoms with Crippen LogP contribution in [-0.2, 0) is 19.1 Å². The van der Waals surface area contributed by atoms with Crippen LogP contribution in [-0.4, -0.2) is 23.0 Å². The molecule has 0 amide bonds. The van der Waals surface area contributed by atoms with Gasteiger partial charge in [-0.05, 0) is 0 Å². The maximum atomic E-state index is 10.7. The van der Waals surface area contributed by atoms with E-state index < -0.39 is 17.9 Å². The summed E-state index contributed by atoms with van der Waals surface area (Å²) in [5.74, 6) is -3.41. The lowest BCUT2D eigenvalue weighted by Gasteiger charge is -2.22. The van der Waals surface area contributed by atoms with Gasteiger partial charge >= 0.3 is 17.9 Å². The van der Waals surface area contributed by atoms with E-state index >= 15 is 0 Å². The number of ether oxygens (including phenoxy) is 2. The number of aliphatic hydroxyl groups is 1. The highest BCUT2D eigenvalue weighted by atomic mass is 16.8. The Hall–Kier alpha value is -1.10. The van der Waals surface area contributed by atoms with E-state index in [2.05, 4.69) is 9.47 Å².